The summed E-state index contributed by atoms with van der Waals surface area (Å²) >= 11 is 1.43. The van der Waals surface area contributed by atoms with E-state index in [9.17, 15) is 0 Å². The highest BCUT2D eigenvalue weighted by Gasteiger charge is 2.07. The molecule has 0 amide bonds. The Labute approximate surface area is 61.8 Å². The molecular formula is C7H15NS. The molecule has 0 aromatic carbocycles. The lowest BCUT2D eigenvalue weighted by Gasteiger charge is -2.14. The smallest absolute Gasteiger partial charge is 0.0191 e. The zero-order valence-electron chi connectivity index (χ0n) is 6.13. The van der Waals surface area contributed by atoms with Crippen molar-refractivity contribution in [2.24, 2.45) is 11.1 Å². The monoisotopic (exact) mass is 145 g/mol. The summed E-state index contributed by atoms with van der Waals surface area (Å²) in [6.07, 6.45) is 3.00. The van der Waals surface area contributed by atoms with Gasteiger partial charge in [0.05, 0.1) is 0 Å². The third-order valence-corrected chi connectivity index (χ3v) is 2.45. The van der Waals surface area contributed by atoms with Gasteiger partial charge in [0, 0.05) is 5.25 Å². The van der Waals surface area contributed by atoms with E-state index in [1.165, 1.54) is 11.9 Å². The first kappa shape index (κ1) is 9.05. The van der Waals surface area contributed by atoms with E-state index >= 15 is 0 Å². The molecule has 0 aliphatic rings. The molecule has 0 aromatic heterocycles. The fraction of sp³-hybridized carbons (Fsp3) is 0.714. The molecule has 54 valence electrons. The fourth-order valence-electron chi connectivity index (χ4n) is 0.589. The van der Waals surface area contributed by atoms with E-state index in [0.29, 0.717) is 11.2 Å². The van der Waals surface area contributed by atoms with Crippen LogP contribution in [-0.4, -0.2) is 5.25 Å². The Morgan fingerprint density at radius 3 is 2.56 bits per heavy atom. The van der Waals surface area contributed by atoms with Gasteiger partial charge in [-0.05, 0) is 12.3 Å². The number of hydrogen-bond acceptors (Lipinski definition) is 2. The zero-order valence-corrected chi connectivity index (χ0v) is 6.95. The van der Waals surface area contributed by atoms with Gasteiger partial charge >= 0.3 is 0 Å². The van der Waals surface area contributed by atoms with Crippen LogP contribution in [0.25, 0.3) is 0 Å². The molecule has 9 heavy (non-hydrogen) atoms. The molecule has 0 rings (SSSR count). The first-order valence-corrected chi connectivity index (χ1v) is 4.13. The van der Waals surface area contributed by atoms with Crippen LogP contribution in [0.15, 0.2) is 12.7 Å². The number of rotatable bonds is 4. The Kier molecular flexibility index (Phi) is 4.91. The van der Waals surface area contributed by atoms with Crippen molar-refractivity contribution in [3.8, 4) is 0 Å². The van der Waals surface area contributed by atoms with Gasteiger partial charge < -0.3 is 0 Å². The average Bonchev–Trinajstić information content (AvgIpc) is 1.87. The molecule has 0 aromatic rings. The molecule has 0 unspecified atom stereocenters. The average molecular weight is 145 g/mol. The Bertz CT molecular complexity index is 83.0. The van der Waals surface area contributed by atoms with Gasteiger partial charge in [0.25, 0.3) is 0 Å². The minimum Gasteiger partial charge on any atom is -0.278 e. The quantitative estimate of drug-likeness (QED) is 0.485. The molecule has 2 heteroatoms. The molecule has 1 nitrogen and oxygen atoms in total. The SMILES string of the molecule is C=CC[C@H](C)[C@H](C)SN. The zero-order chi connectivity index (χ0) is 7.28. The van der Waals surface area contributed by atoms with Crippen molar-refractivity contribution in [3.63, 3.8) is 0 Å². The molecule has 0 saturated heterocycles. The van der Waals surface area contributed by atoms with E-state index in [1.807, 2.05) is 6.08 Å². The Balaban J connectivity index is 3.44. The van der Waals surface area contributed by atoms with E-state index < -0.39 is 0 Å². The van der Waals surface area contributed by atoms with Gasteiger partial charge in [-0.25, -0.2) is 0 Å². The highest BCUT2D eigenvalue weighted by molar-refractivity contribution is 7.97. The Morgan fingerprint density at radius 1 is 1.67 bits per heavy atom. The summed E-state index contributed by atoms with van der Waals surface area (Å²) in [5.41, 5.74) is 0. The third kappa shape index (κ3) is 3.60. The molecule has 0 spiro atoms. The normalized spacial score (nSPS) is 16.8. The summed E-state index contributed by atoms with van der Waals surface area (Å²) in [5, 5.41) is 5.93. The van der Waals surface area contributed by atoms with Crippen molar-refractivity contribution in [2.75, 3.05) is 0 Å². The topological polar surface area (TPSA) is 26.0 Å². The van der Waals surface area contributed by atoms with E-state index in [0.717, 1.165) is 6.42 Å². The molecule has 0 aliphatic heterocycles. The van der Waals surface area contributed by atoms with Gasteiger partial charge in [-0.1, -0.05) is 31.9 Å². The summed E-state index contributed by atoms with van der Waals surface area (Å²) < 4.78 is 0. The van der Waals surface area contributed by atoms with Crippen LogP contribution in [0.2, 0.25) is 0 Å². The van der Waals surface area contributed by atoms with Crippen LogP contribution >= 0.6 is 11.9 Å². The molecule has 0 fully saturated rings. The standard InChI is InChI=1S/C7H15NS/c1-4-5-6(2)7(3)9-8/h4,6-7H,1,5,8H2,2-3H3/t6-,7-/m0/s1. The van der Waals surface area contributed by atoms with Crippen LogP contribution in [0.4, 0.5) is 0 Å². The lowest BCUT2D eigenvalue weighted by atomic mass is 10.1. The van der Waals surface area contributed by atoms with Crippen molar-refractivity contribution in [3.05, 3.63) is 12.7 Å². The van der Waals surface area contributed by atoms with Gasteiger partial charge in [-0.2, -0.15) is 0 Å². The minimum absolute atomic E-state index is 0.544. The molecule has 2 N–H and O–H groups in total. The lowest BCUT2D eigenvalue weighted by Crippen LogP contribution is -2.11. The molecule has 2 atom stereocenters. The van der Waals surface area contributed by atoms with Crippen LogP contribution in [0.3, 0.4) is 0 Å². The summed E-state index contributed by atoms with van der Waals surface area (Å²) in [7, 11) is 0. The Morgan fingerprint density at radius 2 is 2.22 bits per heavy atom. The fourth-order valence-corrected chi connectivity index (χ4v) is 0.968. The highest BCUT2D eigenvalue weighted by atomic mass is 32.2. The van der Waals surface area contributed by atoms with Crippen molar-refractivity contribution in [1.29, 1.82) is 0 Å². The molecule has 0 saturated carbocycles. The summed E-state index contributed by atoms with van der Waals surface area (Å²) in [5.74, 6) is 0.650. The molecule has 0 radical (unpaired) electrons. The van der Waals surface area contributed by atoms with Gasteiger partial charge in [0.1, 0.15) is 0 Å². The lowest BCUT2D eigenvalue weighted by molar-refractivity contribution is 0.587. The molecular weight excluding hydrogens is 130 g/mol. The molecule has 0 bridgehead atoms. The maximum atomic E-state index is 5.39. The first-order chi connectivity index (χ1) is 4.22. The first-order valence-electron chi connectivity index (χ1n) is 3.18. The molecule has 0 heterocycles. The number of allylic oxidation sites excluding steroid dienone is 1. The van der Waals surface area contributed by atoms with E-state index in [-0.39, 0.29) is 0 Å². The predicted octanol–water partition coefficient (Wildman–Crippen LogP) is 2.19. The van der Waals surface area contributed by atoms with Crippen molar-refractivity contribution >= 4 is 11.9 Å². The second kappa shape index (κ2) is 4.89. The summed E-state index contributed by atoms with van der Waals surface area (Å²) in [4.78, 5) is 0. The third-order valence-electron chi connectivity index (χ3n) is 1.55. The summed E-state index contributed by atoms with van der Waals surface area (Å²) in [6, 6.07) is 0. The maximum absolute atomic E-state index is 5.39. The predicted molar refractivity (Wildman–Crippen MR) is 45.2 cm³/mol. The maximum Gasteiger partial charge on any atom is 0.0191 e. The van der Waals surface area contributed by atoms with Gasteiger partial charge in [-0.15, -0.1) is 6.58 Å². The van der Waals surface area contributed by atoms with Gasteiger partial charge in [-0.3, -0.25) is 5.14 Å². The van der Waals surface area contributed by atoms with E-state index in [1.54, 1.807) is 0 Å². The van der Waals surface area contributed by atoms with Crippen LogP contribution in [-0.2, 0) is 0 Å². The van der Waals surface area contributed by atoms with Gasteiger partial charge in [0.15, 0.2) is 0 Å². The van der Waals surface area contributed by atoms with Crippen LogP contribution in [0, 0.1) is 5.92 Å². The molecule has 0 aliphatic carbocycles. The number of nitrogens with two attached hydrogens (primary N) is 1. The van der Waals surface area contributed by atoms with Crippen molar-refractivity contribution < 1.29 is 0 Å². The second-order valence-electron chi connectivity index (χ2n) is 2.34. The van der Waals surface area contributed by atoms with Gasteiger partial charge in [0.2, 0.25) is 0 Å². The Hall–Kier alpha value is 0.0500. The summed E-state index contributed by atoms with van der Waals surface area (Å²) in [6.45, 7) is 7.99. The van der Waals surface area contributed by atoms with Crippen LogP contribution in [0.1, 0.15) is 20.3 Å². The van der Waals surface area contributed by atoms with Crippen molar-refractivity contribution in [2.45, 2.75) is 25.5 Å². The van der Waals surface area contributed by atoms with Crippen molar-refractivity contribution in [1.82, 2.24) is 0 Å². The minimum atomic E-state index is 0.544. The van der Waals surface area contributed by atoms with E-state index in [4.69, 9.17) is 5.14 Å². The largest absolute Gasteiger partial charge is 0.278 e. The van der Waals surface area contributed by atoms with Crippen LogP contribution in [0.5, 0.6) is 0 Å². The second-order valence-corrected chi connectivity index (χ2v) is 3.36. The number of hydrogen-bond donors (Lipinski definition) is 1. The van der Waals surface area contributed by atoms with E-state index in [2.05, 4.69) is 20.4 Å². The van der Waals surface area contributed by atoms with Crippen LogP contribution < -0.4 is 5.14 Å². The highest BCUT2D eigenvalue weighted by Crippen LogP contribution is 2.16.